The smallest absolute Gasteiger partial charge is 0.324 e. The highest BCUT2D eigenvalue weighted by Gasteiger charge is 2.22. The van der Waals surface area contributed by atoms with E-state index in [2.05, 4.69) is 10.6 Å². The fourth-order valence-electron chi connectivity index (χ4n) is 1.45. The van der Waals surface area contributed by atoms with Crippen LogP contribution in [0, 0.1) is 0 Å². The number of hydrogen-bond acceptors (Lipinski definition) is 4. The molecule has 90 valence electrons. The molecule has 0 aromatic heterocycles. The minimum Gasteiger partial charge on any atom is -0.324 e. The molecule has 1 aromatic rings. The van der Waals surface area contributed by atoms with E-state index < -0.39 is 6.03 Å². The van der Waals surface area contributed by atoms with Crippen molar-refractivity contribution >= 4 is 35.1 Å². The highest BCUT2D eigenvalue weighted by molar-refractivity contribution is 8.00. The normalized spacial score (nSPS) is 18.0. The number of amides is 3. The number of fused-ring (bicyclic) bond motifs is 1. The van der Waals surface area contributed by atoms with Gasteiger partial charge in [0.15, 0.2) is 0 Å². The van der Waals surface area contributed by atoms with Crippen LogP contribution >= 0.6 is 11.8 Å². The summed E-state index contributed by atoms with van der Waals surface area (Å²) in [5.41, 5.74) is 3.24. The lowest BCUT2D eigenvalue weighted by atomic mass is 10.2. The first-order valence-corrected chi connectivity index (χ1v) is 5.87. The van der Waals surface area contributed by atoms with Crippen molar-refractivity contribution in [1.82, 2.24) is 5.43 Å². The quantitative estimate of drug-likeness (QED) is 0.342. The van der Waals surface area contributed by atoms with E-state index in [0.717, 1.165) is 4.90 Å². The summed E-state index contributed by atoms with van der Waals surface area (Å²) in [5, 5.41) is 5.21. The lowest BCUT2D eigenvalue weighted by molar-refractivity contribution is -0.115. The highest BCUT2D eigenvalue weighted by Crippen LogP contribution is 2.36. The molecule has 0 radical (unpaired) electrons. The molecule has 1 heterocycles. The summed E-state index contributed by atoms with van der Waals surface area (Å²) in [4.78, 5) is 23.5. The van der Waals surface area contributed by atoms with Crippen LogP contribution in [0.25, 0.3) is 0 Å². The number of nitrogens with one attached hydrogen (secondary N) is 3. The number of nitrogens with two attached hydrogens (primary N) is 1. The summed E-state index contributed by atoms with van der Waals surface area (Å²) in [6.07, 6.45) is 0. The lowest BCUT2D eigenvalue weighted by Gasteiger charge is -2.21. The molecule has 0 bridgehead atoms. The predicted molar refractivity (Wildman–Crippen MR) is 66.7 cm³/mol. The maximum atomic E-state index is 11.5. The Kier molecular flexibility index (Phi) is 3.21. The Morgan fingerprint density at radius 2 is 2.29 bits per heavy atom. The second-order valence-corrected chi connectivity index (χ2v) is 4.94. The monoisotopic (exact) mass is 252 g/mol. The van der Waals surface area contributed by atoms with Crippen molar-refractivity contribution in [2.24, 2.45) is 5.84 Å². The molecule has 1 aromatic carbocycles. The standard InChI is InChI=1S/C10H12N4O2S/c1-5-9(15)13-7-4-6(12-10(16)14-11)2-3-8(7)17-5/h2-5H,11H2,1H3,(H,13,15)(H2,12,14,16). The van der Waals surface area contributed by atoms with E-state index in [9.17, 15) is 9.59 Å². The maximum absolute atomic E-state index is 11.5. The number of thioether (sulfide) groups is 1. The topological polar surface area (TPSA) is 96.2 Å². The lowest BCUT2D eigenvalue weighted by Crippen LogP contribution is -2.34. The van der Waals surface area contributed by atoms with E-state index in [-0.39, 0.29) is 11.2 Å². The zero-order chi connectivity index (χ0) is 12.4. The third kappa shape index (κ3) is 2.51. The molecule has 1 atom stereocenters. The summed E-state index contributed by atoms with van der Waals surface area (Å²) in [5.74, 6) is 4.92. The Balaban J connectivity index is 2.22. The highest BCUT2D eigenvalue weighted by atomic mass is 32.2. The number of benzene rings is 1. The Labute approximate surface area is 102 Å². The van der Waals surface area contributed by atoms with Crippen LogP contribution in [0.2, 0.25) is 0 Å². The number of rotatable bonds is 1. The summed E-state index contributed by atoms with van der Waals surface area (Å²) in [7, 11) is 0. The fraction of sp³-hybridized carbons (Fsp3) is 0.200. The molecule has 7 heteroatoms. The van der Waals surface area contributed by atoms with E-state index >= 15 is 0 Å². The molecule has 5 N–H and O–H groups in total. The molecular weight excluding hydrogens is 240 g/mol. The molecule has 17 heavy (non-hydrogen) atoms. The minimum atomic E-state index is -0.506. The first kappa shape index (κ1) is 11.7. The number of anilines is 2. The number of hydrazine groups is 1. The van der Waals surface area contributed by atoms with Crippen LogP contribution in [0.3, 0.4) is 0 Å². The van der Waals surface area contributed by atoms with Gasteiger partial charge < -0.3 is 10.6 Å². The van der Waals surface area contributed by atoms with E-state index in [0.29, 0.717) is 11.4 Å². The van der Waals surface area contributed by atoms with Crippen molar-refractivity contribution in [3.8, 4) is 0 Å². The van der Waals surface area contributed by atoms with Crippen molar-refractivity contribution in [1.29, 1.82) is 0 Å². The number of carbonyl (C=O) groups is 2. The molecule has 0 saturated heterocycles. The van der Waals surface area contributed by atoms with Crippen molar-refractivity contribution in [2.45, 2.75) is 17.1 Å². The average molecular weight is 252 g/mol. The van der Waals surface area contributed by atoms with Gasteiger partial charge in [0, 0.05) is 10.6 Å². The SMILES string of the molecule is CC1Sc2ccc(NC(=O)NN)cc2NC1=O. The van der Waals surface area contributed by atoms with Crippen molar-refractivity contribution in [3.63, 3.8) is 0 Å². The van der Waals surface area contributed by atoms with Crippen LogP contribution < -0.4 is 21.9 Å². The molecule has 0 fully saturated rings. The van der Waals surface area contributed by atoms with Crippen LogP contribution in [-0.4, -0.2) is 17.2 Å². The molecule has 3 amide bonds. The maximum Gasteiger partial charge on any atom is 0.333 e. The minimum absolute atomic E-state index is 0.0390. The number of carbonyl (C=O) groups excluding carboxylic acids is 2. The first-order chi connectivity index (χ1) is 8.10. The third-order valence-electron chi connectivity index (χ3n) is 2.30. The molecular formula is C10H12N4O2S. The molecule has 1 aliphatic rings. The Morgan fingerprint density at radius 3 is 3.00 bits per heavy atom. The van der Waals surface area contributed by atoms with Gasteiger partial charge in [0.1, 0.15) is 0 Å². The van der Waals surface area contributed by atoms with Gasteiger partial charge in [-0.15, -0.1) is 11.8 Å². The second-order valence-electron chi connectivity index (χ2n) is 3.56. The van der Waals surface area contributed by atoms with E-state index in [1.807, 2.05) is 18.4 Å². The molecule has 6 nitrogen and oxygen atoms in total. The van der Waals surface area contributed by atoms with Gasteiger partial charge in [0.05, 0.1) is 10.9 Å². The number of hydrogen-bond donors (Lipinski definition) is 4. The Morgan fingerprint density at radius 1 is 1.53 bits per heavy atom. The van der Waals surface area contributed by atoms with E-state index in [4.69, 9.17) is 5.84 Å². The summed E-state index contributed by atoms with van der Waals surface area (Å²) >= 11 is 1.49. The molecule has 2 rings (SSSR count). The van der Waals surface area contributed by atoms with Crippen LogP contribution in [0.15, 0.2) is 23.1 Å². The van der Waals surface area contributed by atoms with Gasteiger partial charge in [-0.1, -0.05) is 0 Å². The van der Waals surface area contributed by atoms with Crippen molar-refractivity contribution in [3.05, 3.63) is 18.2 Å². The number of urea groups is 1. The zero-order valence-electron chi connectivity index (χ0n) is 9.11. The fourth-order valence-corrected chi connectivity index (χ4v) is 2.38. The van der Waals surface area contributed by atoms with Gasteiger partial charge in [-0.2, -0.15) is 0 Å². The predicted octanol–water partition coefficient (Wildman–Crippen LogP) is 1.11. The van der Waals surface area contributed by atoms with Gasteiger partial charge >= 0.3 is 6.03 Å². The Hall–Kier alpha value is -1.73. The van der Waals surface area contributed by atoms with Gasteiger partial charge in [-0.3, -0.25) is 10.2 Å². The van der Waals surface area contributed by atoms with E-state index in [1.165, 1.54) is 11.8 Å². The molecule has 0 aliphatic carbocycles. The van der Waals surface area contributed by atoms with Gasteiger partial charge in [0.2, 0.25) is 5.91 Å². The van der Waals surface area contributed by atoms with Gasteiger partial charge in [-0.25, -0.2) is 10.6 Å². The second kappa shape index (κ2) is 4.64. The molecule has 1 aliphatic heterocycles. The summed E-state index contributed by atoms with van der Waals surface area (Å²) in [6.45, 7) is 1.84. The molecule has 0 spiro atoms. The largest absolute Gasteiger partial charge is 0.333 e. The van der Waals surface area contributed by atoms with Gasteiger partial charge in [0.25, 0.3) is 0 Å². The van der Waals surface area contributed by atoms with Gasteiger partial charge in [-0.05, 0) is 25.1 Å². The first-order valence-electron chi connectivity index (χ1n) is 4.99. The summed E-state index contributed by atoms with van der Waals surface area (Å²) in [6, 6.07) is 4.79. The van der Waals surface area contributed by atoms with Crippen molar-refractivity contribution in [2.75, 3.05) is 10.6 Å². The van der Waals surface area contributed by atoms with Crippen LogP contribution in [0.5, 0.6) is 0 Å². The van der Waals surface area contributed by atoms with Crippen LogP contribution in [0.4, 0.5) is 16.2 Å². The summed E-state index contributed by atoms with van der Waals surface area (Å²) < 4.78 is 0. The molecule has 0 saturated carbocycles. The molecule has 1 unspecified atom stereocenters. The third-order valence-corrected chi connectivity index (χ3v) is 3.48. The zero-order valence-corrected chi connectivity index (χ0v) is 9.93. The average Bonchev–Trinajstić information content (AvgIpc) is 2.31. The Bertz CT molecular complexity index is 477. The van der Waals surface area contributed by atoms with Crippen LogP contribution in [0.1, 0.15) is 6.92 Å². The van der Waals surface area contributed by atoms with E-state index in [1.54, 1.807) is 12.1 Å². The van der Waals surface area contributed by atoms with Crippen molar-refractivity contribution < 1.29 is 9.59 Å². The van der Waals surface area contributed by atoms with Crippen LogP contribution in [-0.2, 0) is 4.79 Å².